The summed E-state index contributed by atoms with van der Waals surface area (Å²) in [6, 6.07) is 0. The van der Waals surface area contributed by atoms with Gasteiger partial charge in [0.2, 0.25) is 0 Å². The molecule has 0 saturated heterocycles. The van der Waals surface area contributed by atoms with Crippen molar-refractivity contribution >= 4 is 11.6 Å². The molecule has 0 amide bonds. The van der Waals surface area contributed by atoms with Gasteiger partial charge in [0, 0.05) is 31.2 Å². The van der Waals surface area contributed by atoms with Crippen LogP contribution in [0, 0.1) is 5.92 Å². The van der Waals surface area contributed by atoms with Crippen LogP contribution in [0.25, 0.3) is 0 Å². The van der Waals surface area contributed by atoms with E-state index in [9.17, 15) is 0 Å². The Kier molecular flexibility index (Phi) is 4.05. The monoisotopic (exact) mass is 256 g/mol. The molecule has 1 N–H and O–H groups in total. The summed E-state index contributed by atoms with van der Waals surface area (Å²) in [4.78, 5) is 0. The van der Waals surface area contributed by atoms with Gasteiger partial charge in [-0.25, -0.2) is 0 Å². The molecule has 2 rings (SSSR count). The second-order valence-corrected chi connectivity index (χ2v) is 5.62. The molecule has 0 radical (unpaired) electrons. The summed E-state index contributed by atoms with van der Waals surface area (Å²) in [6.07, 6.45) is 6.87. The molecule has 96 valence electrons. The number of halogens is 1. The van der Waals surface area contributed by atoms with Gasteiger partial charge < -0.3 is 5.32 Å². The minimum Gasteiger partial charge on any atom is -0.304 e. The molecule has 17 heavy (non-hydrogen) atoms. The summed E-state index contributed by atoms with van der Waals surface area (Å²) in [6.45, 7) is 3.07. The largest absolute Gasteiger partial charge is 0.304 e. The quantitative estimate of drug-likeness (QED) is 0.839. The van der Waals surface area contributed by atoms with Gasteiger partial charge in [0.1, 0.15) is 0 Å². The molecule has 2 unspecified atom stereocenters. The summed E-state index contributed by atoms with van der Waals surface area (Å²) in [5.74, 6) is 1.44. The van der Waals surface area contributed by atoms with Gasteiger partial charge in [-0.2, -0.15) is 0 Å². The molecule has 0 aromatic carbocycles. The lowest BCUT2D eigenvalue weighted by molar-refractivity contribution is 0.207. The predicted octanol–water partition coefficient (Wildman–Crippen LogP) is 2.09. The van der Waals surface area contributed by atoms with Gasteiger partial charge in [0.05, 0.1) is 5.69 Å². The average Bonchev–Trinajstić information content (AvgIpc) is 2.73. The number of alkyl halides is 1. The topological polar surface area (TPSA) is 42.7 Å². The van der Waals surface area contributed by atoms with Crippen molar-refractivity contribution in [1.29, 1.82) is 0 Å². The normalized spacial score (nSPS) is 29.5. The molecule has 0 aliphatic heterocycles. The van der Waals surface area contributed by atoms with E-state index < -0.39 is 0 Å². The van der Waals surface area contributed by atoms with E-state index in [4.69, 9.17) is 11.6 Å². The number of nitrogens with zero attached hydrogens (tertiary/aromatic N) is 3. The first-order chi connectivity index (χ1) is 8.13. The van der Waals surface area contributed by atoms with Crippen LogP contribution in [0.2, 0.25) is 0 Å². The van der Waals surface area contributed by atoms with Crippen molar-refractivity contribution in [2.75, 3.05) is 5.88 Å². The van der Waals surface area contributed by atoms with Crippen molar-refractivity contribution in [3.05, 3.63) is 11.9 Å². The van der Waals surface area contributed by atoms with Gasteiger partial charge >= 0.3 is 0 Å². The van der Waals surface area contributed by atoms with Gasteiger partial charge in [-0.05, 0) is 18.8 Å². The van der Waals surface area contributed by atoms with E-state index in [2.05, 4.69) is 22.6 Å². The van der Waals surface area contributed by atoms with Crippen molar-refractivity contribution in [2.24, 2.45) is 13.0 Å². The minimum absolute atomic E-state index is 0.0940. The van der Waals surface area contributed by atoms with Crippen LogP contribution in [-0.4, -0.2) is 26.4 Å². The smallest absolute Gasteiger partial charge is 0.0964 e. The molecule has 1 saturated carbocycles. The Labute approximate surface area is 108 Å². The zero-order valence-corrected chi connectivity index (χ0v) is 11.4. The van der Waals surface area contributed by atoms with Crippen LogP contribution in [0.15, 0.2) is 6.20 Å². The summed E-state index contributed by atoms with van der Waals surface area (Å²) in [7, 11) is 1.89. The molecule has 4 nitrogen and oxygen atoms in total. The van der Waals surface area contributed by atoms with Crippen LogP contribution in [-0.2, 0) is 13.6 Å². The Morgan fingerprint density at radius 2 is 2.47 bits per heavy atom. The number of rotatable bonds is 4. The maximum atomic E-state index is 6.17. The highest BCUT2D eigenvalue weighted by atomic mass is 35.5. The highest BCUT2D eigenvalue weighted by molar-refractivity contribution is 6.18. The van der Waals surface area contributed by atoms with E-state index in [1.807, 2.05) is 13.2 Å². The van der Waals surface area contributed by atoms with Crippen LogP contribution in [0.4, 0.5) is 0 Å². The zero-order chi connectivity index (χ0) is 12.3. The van der Waals surface area contributed by atoms with E-state index in [-0.39, 0.29) is 5.54 Å². The summed E-state index contributed by atoms with van der Waals surface area (Å²) >= 11 is 6.17. The van der Waals surface area contributed by atoms with E-state index >= 15 is 0 Å². The third kappa shape index (κ3) is 3.19. The van der Waals surface area contributed by atoms with Gasteiger partial charge in [-0.15, -0.1) is 16.7 Å². The van der Waals surface area contributed by atoms with Crippen molar-refractivity contribution in [3.8, 4) is 0 Å². The number of nitrogens with one attached hydrogen (secondary N) is 1. The standard InChI is InChI=1S/C12H21ClN4/c1-10-4-3-5-12(6-10,9-13)14-7-11-8-17(2)16-15-11/h8,10,14H,3-7,9H2,1-2H3. The number of aryl methyl sites for hydroxylation is 1. The Bertz CT molecular complexity index is 365. The molecule has 1 aromatic heterocycles. The molecule has 5 heteroatoms. The molecule has 2 atom stereocenters. The Morgan fingerprint density at radius 1 is 1.65 bits per heavy atom. The van der Waals surface area contributed by atoms with Crippen molar-refractivity contribution in [3.63, 3.8) is 0 Å². The molecule has 1 aromatic rings. The first-order valence-electron chi connectivity index (χ1n) is 6.30. The fourth-order valence-corrected chi connectivity index (χ4v) is 3.08. The van der Waals surface area contributed by atoms with Crippen LogP contribution >= 0.6 is 11.6 Å². The van der Waals surface area contributed by atoms with Crippen LogP contribution in [0.1, 0.15) is 38.3 Å². The molecule has 1 aliphatic carbocycles. The second kappa shape index (κ2) is 5.36. The summed E-state index contributed by atoms with van der Waals surface area (Å²) < 4.78 is 1.73. The van der Waals surface area contributed by atoms with E-state index in [1.54, 1.807) is 4.68 Å². The molecule has 1 fully saturated rings. The molecule has 0 bridgehead atoms. The average molecular weight is 257 g/mol. The number of hydrogen-bond donors (Lipinski definition) is 1. The lowest BCUT2D eigenvalue weighted by Crippen LogP contribution is -2.49. The van der Waals surface area contributed by atoms with E-state index in [0.717, 1.165) is 24.6 Å². The van der Waals surface area contributed by atoms with Crippen LogP contribution in [0.5, 0.6) is 0 Å². The zero-order valence-electron chi connectivity index (χ0n) is 10.6. The molecular weight excluding hydrogens is 236 g/mol. The third-order valence-electron chi connectivity index (χ3n) is 3.64. The van der Waals surface area contributed by atoms with Gasteiger partial charge in [0.15, 0.2) is 0 Å². The highest BCUT2D eigenvalue weighted by Crippen LogP contribution is 2.33. The maximum Gasteiger partial charge on any atom is 0.0964 e. The number of hydrogen-bond acceptors (Lipinski definition) is 3. The lowest BCUT2D eigenvalue weighted by atomic mass is 9.77. The Morgan fingerprint density at radius 3 is 3.06 bits per heavy atom. The van der Waals surface area contributed by atoms with Gasteiger partial charge in [-0.3, -0.25) is 4.68 Å². The van der Waals surface area contributed by atoms with Crippen LogP contribution < -0.4 is 5.32 Å². The van der Waals surface area contributed by atoms with Crippen LogP contribution in [0.3, 0.4) is 0 Å². The predicted molar refractivity (Wildman–Crippen MR) is 68.9 cm³/mol. The van der Waals surface area contributed by atoms with E-state index in [1.165, 1.54) is 19.3 Å². The molecule has 0 spiro atoms. The van der Waals surface area contributed by atoms with Crippen molar-refractivity contribution in [1.82, 2.24) is 20.3 Å². The molecular formula is C12H21ClN4. The lowest BCUT2D eigenvalue weighted by Gasteiger charge is -2.39. The number of aromatic nitrogens is 3. The summed E-state index contributed by atoms with van der Waals surface area (Å²) in [5.41, 5.74) is 1.08. The van der Waals surface area contributed by atoms with Crippen molar-refractivity contribution in [2.45, 2.75) is 44.7 Å². The highest BCUT2D eigenvalue weighted by Gasteiger charge is 2.33. The first kappa shape index (κ1) is 12.8. The van der Waals surface area contributed by atoms with Gasteiger partial charge in [-0.1, -0.05) is 25.0 Å². The van der Waals surface area contributed by atoms with E-state index in [0.29, 0.717) is 5.88 Å². The fraction of sp³-hybridized carbons (Fsp3) is 0.833. The molecule has 1 aliphatic rings. The second-order valence-electron chi connectivity index (χ2n) is 5.35. The maximum absolute atomic E-state index is 6.17. The third-order valence-corrected chi connectivity index (χ3v) is 4.15. The first-order valence-corrected chi connectivity index (χ1v) is 6.83. The fourth-order valence-electron chi connectivity index (χ4n) is 2.74. The van der Waals surface area contributed by atoms with Gasteiger partial charge in [0.25, 0.3) is 0 Å². The minimum atomic E-state index is 0.0940. The molecule has 1 heterocycles. The Hall–Kier alpha value is -0.610. The summed E-state index contributed by atoms with van der Waals surface area (Å²) in [5, 5.41) is 11.6. The Balaban J connectivity index is 1.94. The SMILES string of the molecule is CC1CCCC(CCl)(NCc2cn(C)nn2)C1. The van der Waals surface area contributed by atoms with Crippen molar-refractivity contribution < 1.29 is 0 Å².